The van der Waals surface area contributed by atoms with Crippen LogP contribution < -0.4 is 5.32 Å². The number of halogens is 4. The molecule has 2 aliphatic rings. The number of nitrogens with one attached hydrogen (secondary N) is 1. The summed E-state index contributed by atoms with van der Waals surface area (Å²) in [6.07, 6.45) is -3.77. The fraction of sp³-hybridized carbons (Fsp3) is 0.625. The molecule has 0 bridgehead atoms. The van der Waals surface area contributed by atoms with Crippen molar-refractivity contribution in [1.29, 1.82) is 0 Å². The van der Waals surface area contributed by atoms with Crippen molar-refractivity contribution in [1.82, 2.24) is 24.9 Å². The molecule has 0 atom stereocenters. The number of carbonyl (C=O) groups excluding carboxylic acids is 2. The first-order valence-electron chi connectivity index (χ1n) is 12.2. The molecule has 0 saturated carbocycles. The molecule has 0 radical (unpaired) electrons. The molecule has 13 heteroatoms. The van der Waals surface area contributed by atoms with Gasteiger partial charge in [-0.1, -0.05) is 15.9 Å². The Morgan fingerprint density at radius 1 is 1.00 bits per heavy atom. The van der Waals surface area contributed by atoms with Gasteiger partial charge in [0.05, 0.1) is 0 Å². The lowest BCUT2D eigenvalue weighted by Gasteiger charge is -2.33. The number of carboxylic acids is 1. The highest BCUT2D eigenvalue weighted by atomic mass is 79.9. The van der Waals surface area contributed by atoms with Crippen LogP contribution in [0.3, 0.4) is 0 Å². The van der Waals surface area contributed by atoms with Crippen LogP contribution in [0.4, 0.5) is 13.2 Å². The van der Waals surface area contributed by atoms with Crippen LogP contribution in [-0.2, 0) is 9.59 Å². The Morgan fingerprint density at radius 2 is 1.57 bits per heavy atom. The van der Waals surface area contributed by atoms with E-state index in [0.717, 1.165) is 69.8 Å². The van der Waals surface area contributed by atoms with E-state index >= 15 is 0 Å². The van der Waals surface area contributed by atoms with Crippen LogP contribution in [0.15, 0.2) is 28.7 Å². The second-order valence-electron chi connectivity index (χ2n) is 8.98. The topological polar surface area (TPSA) is 96.4 Å². The molecule has 37 heavy (non-hydrogen) atoms. The van der Waals surface area contributed by atoms with Gasteiger partial charge in [0.2, 0.25) is 5.91 Å². The number of nitrogens with zero attached hydrogens (tertiary/aromatic N) is 4. The fourth-order valence-corrected chi connectivity index (χ4v) is 4.21. The maximum atomic E-state index is 13.1. The highest BCUT2D eigenvalue weighted by molar-refractivity contribution is 9.10. The highest BCUT2D eigenvalue weighted by Crippen LogP contribution is 2.14. The van der Waals surface area contributed by atoms with Crippen molar-refractivity contribution in [3.8, 4) is 0 Å². The van der Waals surface area contributed by atoms with Crippen LogP contribution in [-0.4, -0.2) is 128 Å². The van der Waals surface area contributed by atoms with Gasteiger partial charge in [-0.2, -0.15) is 13.2 Å². The van der Waals surface area contributed by atoms with Crippen LogP contribution >= 0.6 is 15.9 Å². The number of benzene rings is 1. The molecule has 2 aliphatic heterocycles. The largest absolute Gasteiger partial charge is 0.490 e. The zero-order chi connectivity index (χ0) is 27.4. The van der Waals surface area contributed by atoms with E-state index in [4.69, 9.17) is 9.90 Å². The monoisotopic (exact) mass is 593 g/mol. The molecule has 0 aromatic heterocycles. The minimum Gasteiger partial charge on any atom is -0.475 e. The van der Waals surface area contributed by atoms with Gasteiger partial charge < -0.3 is 30.0 Å². The Hall–Kier alpha value is -2.22. The number of carboxylic acid groups (broad SMARTS) is 1. The van der Waals surface area contributed by atoms with Crippen molar-refractivity contribution >= 4 is 33.7 Å². The average Bonchev–Trinajstić information content (AvgIpc) is 2.87. The van der Waals surface area contributed by atoms with Crippen LogP contribution in [0.1, 0.15) is 23.2 Å². The van der Waals surface area contributed by atoms with Crippen molar-refractivity contribution in [2.45, 2.75) is 19.0 Å². The Bertz CT molecular complexity index is 874. The normalized spacial score (nSPS) is 17.1. The lowest BCUT2D eigenvalue weighted by atomic mass is 10.1. The van der Waals surface area contributed by atoms with Crippen molar-refractivity contribution in [3.63, 3.8) is 0 Å². The summed E-state index contributed by atoms with van der Waals surface area (Å²) in [5, 5.41) is 10.4. The summed E-state index contributed by atoms with van der Waals surface area (Å²) >= 11 is 3.43. The summed E-state index contributed by atoms with van der Waals surface area (Å²) in [6, 6.07) is 7.47. The van der Waals surface area contributed by atoms with Crippen LogP contribution in [0.2, 0.25) is 0 Å². The van der Waals surface area contributed by atoms with Gasteiger partial charge in [-0.15, -0.1) is 0 Å². The fourth-order valence-electron chi connectivity index (χ4n) is 3.95. The van der Waals surface area contributed by atoms with E-state index in [9.17, 15) is 22.8 Å². The number of aliphatic carboxylic acids is 1. The molecule has 1 aromatic carbocycles. The van der Waals surface area contributed by atoms with Gasteiger partial charge in [-0.25, -0.2) is 4.79 Å². The zero-order valence-corrected chi connectivity index (χ0v) is 22.6. The molecule has 208 valence electrons. The minimum atomic E-state index is -5.08. The molecule has 2 fully saturated rings. The first kappa shape index (κ1) is 31.0. The number of likely N-dealkylation sites (N-methyl/N-ethyl adjacent to an activating group) is 1. The molecule has 0 spiro atoms. The second-order valence-corrected chi connectivity index (χ2v) is 9.90. The number of alkyl halides is 3. The number of carbonyl (C=O) groups is 3. The van der Waals surface area contributed by atoms with E-state index in [0.29, 0.717) is 25.1 Å². The molecule has 1 aromatic rings. The number of amides is 2. The number of rotatable bonds is 8. The molecule has 9 nitrogen and oxygen atoms in total. The molecule has 3 rings (SSSR count). The van der Waals surface area contributed by atoms with Gasteiger partial charge in [0.25, 0.3) is 5.91 Å². The average molecular weight is 594 g/mol. The van der Waals surface area contributed by atoms with Gasteiger partial charge in [0.1, 0.15) is 0 Å². The summed E-state index contributed by atoms with van der Waals surface area (Å²) in [5.41, 5.74) is 0.674. The summed E-state index contributed by atoms with van der Waals surface area (Å²) in [7, 11) is 2.16. The SMILES string of the molecule is CN1CCN(CCCN(CCC(=O)N2CCNCC2)C(=O)c2ccc(Br)cc2)CC1.O=C(O)C(F)(F)F. The molecule has 0 unspecified atom stereocenters. The Morgan fingerprint density at radius 3 is 2.11 bits per heavy atom. The third-order valence-electron chi connectivity index (χ3n) is 6.18. The van der Waals surface area contributed by atoms with Gasteiger partial charge in [0, 0.05) is 81.9 Å². The van der Waals surface area contributed by atoms with Crippen molar-refractivity contribution < 1.29 is 32.7 Å². The molecular formula is C24H35BrF3N5O4. The Labute approximate surface area is 223 Å². The van der Waals surface area contributed by atoms with Crippen LogP contribution in [0.25, 0.3) is 0 Å². The van der Waals surface area contributed by atoms with Crippen molar-refractivity contribution in [2.75, 3.05) is 79.0 Å². The second kappa shape index (κ2) is 15.3. The molecule has 2 heterocycles. The number of piperazine rings is 2. The van der Waals surface area contributed by atoms with Crippen LogP contribution in [0, 0.1) is 0 Å². The van der Waals surface area contributed by atoms with E-state index in [1.54, 1.807) is 0 Å². The molecular weight excluding hydrogens is 559 g/mol. The van der Waals surface area contributed by atoms with Gasteiger partial charge in [0.15, 0.2) is 0 Å². The van der Waals surface area contributed by atoms with E-state index in [2.05, 4.69) is 38.1 Å². The van der Waals surface area contributed by atoms with E-state index in [1.807, 2.05) is 34.1 Å². The Kier molecular flexibility index (Phi) is 12.8. The molecule has 2 N–H and O–H groups in total. The summed E-state index contributed by atoms with van der Waals surface area (Å²) in [4.78, 5) is 43.2. The first-order valence-corrected chi connectivity index (χ1v) is 13.0. The van der Waals surface area contributed by atoms with Crippen LogP contribution in [0.5, 0.6) is 0 Å². The van der Waals surface area contributed by atoms with Crippen molar-refractivity contribution in [3.05, 3.63) is 34.3 Å². The molecule has 2 amide bonds. The maximum Gasteiger partial charge on any atom is 0.490 e. The van der Waals surface area contributed by atoms with E-state index in [1.165, 1.54) is 0 Å². The number of hydrogen-bond donors (Lipinski definition) is 2. The summed E-state index contributed by atoms with van der Waals surface area (Å²) in [5.74, 6) is -2.61. The minimum absolute atomic E-state index is 0.00832. The quantitative estimate of drug-likeness (QED) is 0.476. The third kappa shape index (κ3) is 11.4. The summed E-state index contributed by atoms with van der Waals surface area (Å²) in [6.45, 7) is 9.70. The lowest BCUT2D eigenvalue weighted by Crippen LogP contribution is -2.47. The maximum absolute atomic E-state index is 13.1. The van der Waals surface area contributed by atoms with Gasteiger partial charge in [-0.3, -0.25) is 9.59 Å². The van der Waals surface area contributed by atoms with E-state index in [-0.39, 0.29) is 11.8 Å². The lowest BCUT2D eigenvalue weighted by molar-refractivity contribution is -0.192. The summed E-state index contributed by atoms with van der Waals surface area (Å²) < 4.78 is 32.7. The zero-order valence-electron chi connectivity index (χ0n) is 21.0. The third-order valence-corrected chi connectivity index (χ3v) is 6.71. The highest BCUT2D eigenvalue weighted by Gasteiger charge is 2.38. The van der Waals surface area contributed by atoms with Crippen molar-refractivity contribution in [2.24, 2.45) is 0 Å². The predicted octanol–water partition coefficient (Wildman–Crippen LogP) is 1.98. The van der Waals surface area contributed by atoms with E-state index < -0.39 is 12.1 Å². The smallest absolute Gasteiger partial charge is 0.475 e. The predicted molar refractivity (Wildman–Crippen MR) is 136 cm³/mol. The standard InChI is InChI=1S/C22H34BrN5O2.C2HF3O2/c1-25-15-17-26(18-16-25)10-2-11-28(22(30)19-3-5-20(23)6-4-19)12-7-21(29)27-13-8-24-9-14-27;3-2(4,5)1(6)7/h3-6,24H,2,7-18H2,1H3;(H,6,7). The molecule has 0 aliphatic carbocycles. The number of hydrogen-bond acceptors (Lipinski definition) is 6. The first-order chi connectivity index (χ1) is 17.5. The van der Waals surface area contributed by atoms with Gasteiger partial charge in [-0.05, 0) is 44.3 Å². The van der Waals surface area contributed by atoms with Gasteiger partial charge >= 0.3 is 12.1 Å². The molecule has 2 saturated heterocycles. The Balaban J connectivity index is 0.000000604.